The third kappa shape index (κ3) is 4.37. The molecular weight excluding hydrogens is 374 g/mol. The predicted molar refractivity (Wildman–Crippen MR) is 106 cm³/mol. The molecule has 29 heavy (non-hydrogen) atoms. The molecule has 0 saturated carbocycles. The lowest BCUT2D eigenvalue weighted by Gasteiger charge is -2.15. The summed E-state index contributed by atoms with van der Waals surface area (Å²) in [6.45, 7) is 2.19. The summed E-state index contributed by atoms with van der Waals surface area (Å²) in [7, 11) is 1.14. The van der Waals surface area contributed by atoms with Gasteiger partial charge in [0.05, 0.1) is 42.3 Å². The number of nitrogens with zero attached hydrogens (tertiary/aromatic N) is 2. The Bertz CT molecular complexity index is 1070. The second-order valence-electron chi connectivity index (χ2n) is 5.99. The zero-order valence-electron chi connectivity index (χ0n) is 15.9. The number of methoxy groups -OCH3 is 1. The number of amides is 1. The number of hydrogen-bond donors (Lipinski definition) is 1. The molecule has 1 aromatic heterocycles. The number of aromatic nitrogens is 2. The number of anilines is 1. The van der Waals surface area contributed by atoms with Gasteiger partial charge in [-0.1, -0.05) is 24.3 Å². The Morgan fingerprint density at radius 2 is 1.72 bits per heavy atom. The number of esters is 1. The molecule has 1 atom stereocenters. The van der Waals surface area contributed by atoms with Crippen LogP contribution < -0.4 is 10.1 Å². The van der Waals surface area contributed by atoms with E-state index < -0.39 is 23.6 Å². The number of carbonyl (C=O) groups is 3. The minimum Gasteiger partial charge on any atom is -0.492 e. The molecule has 0 bridgehead atoms. The Labute approximate surface area is 166 Å². The number of hydrogen-bond acceptors (Lipinski definition) is 7. The highest BCUT2D eigenvalue weighted by Crippen LogP contribution is 2.25. The van der Waals surface area contributed by atoms with Crippen molar-refractivity contribution in [3.8, 4) is 5.75 Å². The number of ketones is 1. The fourth-order valence-corrected chi connectivity index (χ4v) is 2.76. The van der Waals surface area contributed by atoms with E-state index in [0.717, 1.165) is 7.11 Å². The molecule has 8 heteroatoms. The maximum absolute atomic E-state index is 12.8. The number of benzene rings is 2. The van der Waals surface area contributed by atoms with E-state index in [4.69, 9.17) is 9.47 Å². The molecule has 0 aliphatic carbocycles. The summed E-state index contributed by atoms with van der Waals surface area (Å²) in [4.78, 5) is 46.3. The third-order valence-corrected chi connectivity index (χ3v) is 4.12. The molecule has 148 valence electrons. The van der Waals surface area contributed by atoms with Crippen LogP contribution in [0.2, 0.25) is 0 Å². The number of para-hydroxylation sites is 4. The van der Waals surface area contributed by atoms with Crippen molar-refractivity contribution in [3.05, 3.63) is 60.4 Å². The van der Waals surface area contributed by atoms with Crippen molar-refractivity contribution in [1.29, 1.82) is 0 Å². The highest BCUT2D eigenvalue weighted by molar-refractivity contribution is 6.45. The second-order valence-corrected chi connectivity index (χ2v) is 5.99. The first-order valence-electron chi connectivity index (χ1n) is 8.91. The Morgan fingerprint density at radius 3 is 2.45 bits per heavy atom. The van der Waals surface area contributed by atoms with Crippen molar-refractivity contribution < 1.29 is 23.9 Å². The standard InChI is InChI=1S/C21H19N3O5/c1-3-29-17-11-7-6-10-15(17)24-20(26)19(25)18(21(27)28-2)16-12-22-13-8-4-5-9-14(13)23-16/h4-12,18H,3H2,1-2H3,(H,24,26)/t18-/m0/s1. The topological polar surface area (TPSA) is 107 Å². The van der Waals surface area contributed by atoms with E-state index in [-0.39, 0.29) is 5.69 Å². The van der Waals surface area contributed by atoms with Gasteiger partial charge in [0.1, 0.15) is 5.75 Å². The van der Waals surface area contributed by atoms with E-state index in [9.17, 15) is 14.4 Å². The zero-order chi connectivity index (χ0) is 20.8. The fourth-order valence-electron chi connectivity index (χ4n) is 2.76. The molecule has 3 aromatic rings. The molecule has 8 nitrogen and oxygen atoms in total. The molecule has 0 spiro atoms. The van der Waals surface area contributed by atoms with Gasteiger partial charge in [0.2, 0.25) is 5.78 Å². The van der Waals surface area contributed by atoms with Gasteiger partial charge in [0.15, 0.2) is 5.92 Å². The first kappa shape index (κ1) is 19.9. The Balaban J connectivity index is 1.91. The van der Waals surface area contributed by atoms with Crippen LogP contribution in [0.4, 0.5) is 5.69 Å². The predicted octanol–water partition coefficient (Wildman–Crippen LogP) is 2.49. The average Bonchev–Trinajstić information content (AvgIpc) is 2.75. The summed E-state index contributed by atoms with van der Waals surface area (Å²) in [5.41, 5.74) is 1.45. The highest BCUT2D eigenvalue weighted by Gasteiger charge is 2.36. The molecule has 1 N–H and O–H groups in total. The smallest absolute Gasteiger partial charge is 0.323 e. The van der Waals surface area contributed by atoms with Gasteiger partial charge in [0.25, 0.3) is 5.91 Å². The summed E-state index contributed by atoms with van der Waals surface area (Å²) >= 11 is 0. The van der Waals surface area contributed by atoms with Crippen LogP contribution in [0.1, 0.15) is 18.5 Å². The summed E-state index contributed by atoms with van der Waals surface area (Å²) in [6, 6.07) is 13.7. The monoisotopic (exact) mass is 393 g/mol. The molecule has 0 fully saturated rings. The number of fused-ring (bicyclic) bond motifs is 1. The number of carbonyl (C=O) groups excluding carboxylic acids is 3. The minimum atomic E-state index is -1.53. The lowest BCUT2D eigenvalue weighted by Crippen LogP contribution is -2.34. The van der Waals surface area contributed by atoms with Gasteiger partial charge in [-0.05, 0) is 31.2 Å². The summed E-state index contributed by atoms with van der Waals surface area (Å²) in [5, 5.41) is 2.49. The first-order chi connectivity index (χ1) is 14.0. The van der Waals surface area contributed by atoms with Crippen LogP contribution in [0.5, 0.6) is 5.75 Å². The van der Waals surface area contributed by atoms with Crippen LogP contribution in [0, 0.1) is 0 Å². The lowest BCUT2D eigenvalue weighted by atomic mass is 9.99. The van der Waals surface area contributed by atoms with Crippen LogP contribution >= 0.6 is 0 Å². The van der Waals surface area contributed by atoms with Crippen LogP contribution in [0.25, 0.3) is 11.0 Å². The van der Waals surface area contributed by atoms with Gasteiger partial charge in [0, 0.05) is 0 Å². The first-order valence-corrected chi connectivity index (χ1v) is 8.91. The van der Waals surface area contributed by atoms with E-state index in [2.05, 4.69) is 15.3 Å². The molecule has 3 rings (SSSR count). The van der Waals surface area contributed by atoms with Crippen molar-refractivity contribution in [2.24, 2.45) is 0 Å². The highest BCUT2D eigenvalue weighted by atomic mass is 16.5. The van der Waals surface area contributed by atoms with Gasteiger partial charge < -0.3 is 14.8 Å². The van der Waals surface area contributed by atoms with Crippen molar-refractivity contribution in [3.63, 3.8) is 0 Å². The van der Waals surface area contributed by atoms with Gasteiger partial charge in [-0.25, -0.2) is 4.98 Å². The van der Waals surface area contributed by atoms with E-state index >= 15 is 0 Å². The lowest BCUT2D eigenvalue weighted by molar-refractivity contribution is -0.148. The number of Topliss-reactive ketones (excluding diaryl/α,β-unsaturated/α-hetero) is 1. The summed E-state index contributed by atoms with van der Waals surface area (Å²) < 4.78 is 10.2. The van der Waals surface area contributed by atoms with Gasteiger partial charge >= 0.3 is 5.97 Å². The van der Waals surface area contributed by atoms with Crippen molar-refractivity contribution in [2.45, 2.75) is 12.8 Å². The summed E-state index contributed by atoms with van der Waals surface area (Å²) in [5.74, 6) is -4.00. The van der Waals surface area contributed by atoms with E-state index in [0.29, 0.717) is 29.1 Å². The minimum absolute atomic E-state index is 0.0359. The maximum atomic E-state index is 12.8. The Morgan fingerprint density at radius 1 is 1.03 bits per heavy atom. The van der Waals surface area contributed by atoms with Crippen LogP contribution in [-0.2, 0) is 19.1 Å². The molecule has 0 unspecified atom stereocenters. The number of ether oxygens (including phenoxy) is 2. The molecule has 0 radical (unpaired) electrons. The van der Waals surface area contributed by atoms with E-state index in [1.165, 1.54) is 6.20 Å². The second kappa shape index (κ2) is 8.92. The third-order valence-electron chi connectivity index (χ3n) is 4.12. The van der Waals surface area contributed by atoms with Crippen molar-refractivity contribution in [1.82, 2.24) is 9.97 Å². The quantitative estimate of drug-likeness (QED) is 0.373. The SMILES string of the molecule is CCOc1ccccc1NC(=O)C(=O)[C@@H](C(=O)OC)c1cnc2ccccc2n1. The van der Waals surface area contributed by atoms with Crippen LogP contribution in [0.15, 0.2) is 54.7 Å². The van der Waals surface area contributed by atoms with E-state index in [1.54, 1.807) is 55.5 Å². The zero-order valence-corrected chi connectivity index (χ0v) is 15.9. The normalized spacial score (nSPS) is 11.5. The molecule has 0 saturated heterocycles. The number of nitrogens with one attached hydrogen (secondary N) is 1. The maximum Gasteiger partial charge on any atom is 0.323 e. The molecule has 2 aromatic carbocycles. The molecule has 1 heterocycles. The van der Waals surface area contributed by atoms with Gasteiger partial charge in [-0.15, -0.1) is 0 Å². The van der Waals surface area contributed by atoms with E-state index in [1.807, 2.05) is 0 Å². The molecule has 0 aliphatic rings. The van der Waals surface area contributed by atoms with Crippen molar-refractivity contribution in [2.75, 3.05) is 19.0 Å². The molecule has 0 aliphatic heterocycles. The average molecular weight is 393 g/mol. The van der Waals surface area contributed by atoms with Gasteiger partial charge in [-0.3, -0.25) is 19.4 Å². The largest absolute Gasteiger partial charge is 0.492 e. The molecule has 1 amide bonds. The molecular formula is C21H19N3O5. The van der Waals surface area contributed by atoms with Crippen molar-refractivity contribution >= 4 is 34.4 Å². The Kier molecular flexibility index (Phi) is 6.13. The number of rotatable bonds is 7. The summed E-state index contributed by atoms with van der Waals surface area (Å²) in [6.07, 6.45) is 1.29. The van der Waals surface area contributed by atoms with Gasteiger partial charge in [-0.2, -0.15) is 0 Å². The Hall–Kier alpha value is -3.81. The van der Waals surface area contributed by atoms with Crippen LogP contribution in [-0.4, -0.2) is 41.3 Å². The van der Waals surface area contributed by atoms with Crippen LogP contribution in [0.3, 0.4) is 0 Å². The fraction of sp³-hybridized carbons (Fsp3) is 0.190.